The van der Waals surface area contributed by atoms with E-state index in [1.165, 1.54) is 16.7 Å². The molecule has 1 fully saturated rings. The van der Waals surface area contributed by atoms with E-state index in [2.05, 4.69) is 70.6 Å². The van der Waals surface area contributed by atoms with Crippen LogP contribution < -0.4 is 15.4 Å². The van der Waals surface area contributed by atoms with E-state index in [9.17, 15) is 22.4 Å². The first-order valence-electron chi connectivity index (χ1n) is 13.6. The Hall–Kier alpha value is -3.41. The average molecular weight is 606 g/mol. The molecule has 1 amide bonds. The third-order valence-electron chi connectivity index (χ3n) is 7.41. The zero-order valence-corrected chi connectivity index (χ0v) is 24.1. The molecule has 42 heavy (non-hydrogen) atoms. The molecule has 5 rings (SSSR count). The second-order valence-electron chi connectivity index (χ2n) is 10.1. The fraction of sp³-hybridized carbons (Fsp3) is 0.355. The van der Waals surface area contributed by atoms with Gasteiger partial charge in [0.1, 0.15) is 5.82 Å². The van der Waals surface area contributed by atoms with Crippen LogP contribution in [0.5, 0.6) is 0 Å². The van der Waals surface area contributed by atoms with Crippen molar-refractivity contribution < 1.29 is 32.3 Å². The predicted molar refractivity (Wildman–Crippen MR) is 159 cm³/mol. The van der Waals surface area contributed by atoms with Crippen LogP contribution in [0.3, 0.4) is 0 Å². The standard InChI is InChI=1S/C29H28F4N2O.CH5NS.CH2O2/c30-26-16-25(29(31,32)33)10-11-27(26)35-28(36)23-3-1-2-21(14-23)18-4-6-19(7-5-18)22-9-8-20-12-13-34-17-24(20)15-22;1-2-3;2-1-3/h4-11,15-16,21,23,34H,1-3,12-14,17H2,(H,35,36);2-3H,1H3;1H,(H,2,3). The van der Waals surface area contributed by atoms with Crippen molar-refractivity contribution in [2.24, 2.45) is 5.92 Å². The van der Waals surface area contributed by atoms with Gasteiger partial charge in [-0.25, -0.2) is 4.39 Å². The lowest BCUT2D eigenvalue weighted by molar-refractivity contribution is -0.137. The van der Waals surface area contributed by atoms with Gasteiger partial charge in [0, 0.05) is 12.5 Å². The van der Waals surface area contributed by atoms with E-state index in [1.807, 2.05) is 0 Å². The lowest BCUT2D eigenvalue weighted by Gasteiger charge is -2.29. The highest BCUT2D eigenvalue weighted by molar-refractivity contribution is 7.78. The van der Waals surface area contributed by atoms with Crippen LogP contribution in [0.25, 0.3) is 11.1 Å². The molecule has 0 radical (unpaired) electrons. The first kappa shape index (κ1) is 33.1. The van der Waals surface area contributed by atoms with Crippen LogP contribution in [0.2, 0.25) is 0 Å². The predicted octanol–water partition coefficient (Wildman–Crippen LogP) is 6.82. The molecular weight excluding hydrogens is 570 g/mol. The number of amides is 1. The van der Waals surface area contributed by atoms with Gasteiger partial charge in [-0.3, -0.25) is 14.3 Å². The van der Waals surface area contributed by atoms with Gasteiger partial charge in [-0.05, 0) is 97.3 Å². The number of rotatable bonds is 4. The number of hydrogen-bond acceptors (Lipinski definition) is 5. The quantitative estimate of drug-likeness (QED) is 0.128. The molecule has 4 N–H and O–H groups in total. The zero-order valence-electron chi connectivity index (χ0n) is 23.2. The summed E-state index contributed by atoms with van der Waals surface area (Å²) in [6.45, 7) is 1.66. The molecule has 1 saturated carbocycles. The highest BCUT2D eigenvalue weighted by Gasteiger charge is 2.32. The molecule has 2 atom stereocenters. The summed E-state index contributed by atoms with van der Waals surface area (Å²) < 4.78 is 55.0. The molecule has 0 saturated heterocycles. The number of alkyl halides is 3. The van der Waals surface area contributed by atoms with E-state index in [0.29, 0.717) is 18.9 Å². The zero-order chi connectivity index (χ0) is 30.7. The van der Waals surface area contributed by atoms with Gasteiger partial charge in [0.15, 0.2) is 0 Å². The first-order chi connectivity index (χ1) is 20.1. The molecule has 1 aliphatic heterocycles. The van der Waals surface area contributed by atoms with Crippen LogP contribution in [0.1, 0.15) is 53.9 Å². The fourth-order valence-corrected chi connectivity index (χ4v) is 5.37. The van der Waals surface area contributed by atoms with Crippen molar-refractivity contribution in [3.63, 3.8) is 0 Å². The monoisotopic (exact) mass is 605 g/mol. The summed E-state index contributed by atoms with van der Waals surface area (Å²) in [7, 11) is 1.74. The number of carbonyl (C=O) groups excluding carboxylic acids is 1. The third kappa shape index (κ3) is 9.04. The second kappa shape index (κ2) is 15.7. The number of hydrogen-bond donors (Lipinski definition) is 5. The molecule has 6 nitrogen and oxygen atoms in total. The Balaban J connectivity index is 0.000000745. The lowest BCUT2D eigenvalue weighted by atomic mass is 9.77. The molecule has 226 valence electrons. The summed E-state index contributed by atoms with van der Waals surface area (Å²) in [5.74, 6) is -1.55. The minimum atomic E-state index is -4.63. The Labute approximate surface area is 248 Å². The Kier molecular flexibility index (Phi) is 12.4. The van der Waals surface area contributed by atoms with Crippen LogP contribution in [0, 0.1) is 11.7 Å². The van der Waals surface area contributed by atoms with E-state index in [-0.39, 0.29) is 29.9 Å². The molecule has 1 aliphatic carbocycles. The summed E-state index contributed by atoms with van der Waals surface area (Å²) in [4.78, 5) is 21.2. The van der Waals surface area contributed by atoms with Crippen molar-refractivity contribution in [3.8, 4) is 11.1 Å². The van der Waals surface area contributed by atoms with Crippen LogP contribution in [-0.2, 0) is 28.7 Å². The molecule has 11 heteroatoms. The van der Waals surface area contributed by atoms with E-state index in [0.717, 1.165) is 55.6 Å². The summed E-state index contributed by atoms with van der Waals surface area (Å²) in [6.07, 6.45) is -0.465. The van der Waals surface area contributed by atoms with Gasteiger partial charge in [-0.15, -0.1) is 0 Å². The summed E-state index contributed by atoms with van der Waals surface area (Å²) in [5.41, 5.74) is 4.94. The lowest BCUT2D eigenvalue weighted by Crippen LogP contribution is -2.28. The number of benzene rings is 3. The molecule has 1 heterocycles. The molecule has 0 bridgehead atoms. The summed E-state index contributed by atoms with van der Waals surface area (Å²) in [5, 5.41) is 12.8. The maximum absolute atomic E-state index is 14.2. The third-order valence-corrected chi connectivity index (χ3v) is 7.41. The van der Waals surface area contributed by atoms with Gasteiger partial charge in [0.2, 0.25) is 5.91 Å². The van der Waals surface area contributed by atoms with E-state index in [1.54, 1.807) is 7.05 Å². The van der Waals surface area contributed by atoms with Gasteiger partial charge >= 0.3 is 6.18 Å². The molecule has 2 aliphatic rings. The largest absolute Gasteiger partial charge is 0.483 e. The molecule has 3 aromatic carbocycles. The average Bonchev–Trinajstić information content (AvgIpc) is 2.98. The number of carbonyl (C=O) groups is 2. The molecular formula is C31H35F4N3O3S. The highest BCUT2D eigenvalue weighted by atomic mass is 32.1. The van der Waals surface area contributed by atoms with Gasteiger partial charge in [-0.2, -0.15) is 13.2 Å². The van der Waals surface area contributed by atoms with Crippen LogP contribution >= 0.6 is 12.8 Å². The van der Waals surface area contributed by atoms with Gasteiger partial charge in [-0.1, -0.05) is 55.6 Å². The first-order valence-corrected chi connectivity index (χ1v) is 14.0. The normalized spacial score (nSPS) is 17.9. The number of carboxylic acid groups (broad SMARTS) is 1. The minimum Gasteiger partial charge on any atom is -0.483 e. The van der Waals surface area contributed by atoms with E-state index >= 15 is 0 Å². The van der Waals surface area contributed by atoms with E-state index < -0.39 is 17.6 Å². The Morgan fingerprint density at radius 2 is 1.69 bits per heavy atom. The van der Waals surface area contributed by atoms with Crippen LogP contribution in [0.15, 0.2) is 60.7 Å². The Morgan fingerprint density at radius 1 is 1.02 bits per heavy atom. The van der Waals surface area contributed by atoms with Crippen LogP contribution in [-0.4, -0.2) is 31.1 Å². The van der Waals surface area contributed by atoms with Crippen molar-refractivity contribution in [3.05, 3.63) is 88.7 Å². The van der Waals surface area contributed by atoms with E-state index in [4.69, 9.17) is 9.90 Å². The van der Waals surface area contributed by atoms with Gasteiger partial charge in [0.25, 0.3) is 6.47 Å². The van der Waals surface area contributed by atoms with Gasteiger partial charge < -0.3 is 15.7 Å². The number of thiol groups is 1. The number of nitrogens with one attached hydrogen (secondary N) is 3. The number of anilines is 1. The fourth-order valence-electron chi connectivity index (χ4n) is 5.37. The SMILES string of the molecule is CNS.O=C(Nc1ccc(C(F)(F)F)cc1F)C1CCCC(c2ccc(-c3ccc4c(c3)CNCC4)cc2)C1.O=CO. The van der Waals surface area contributed by atoms with Crippen molar-refractivity contribution in [2.75, 3.05) is 18.9 Å². The summed E-state index contributed by atoms with van der Waals surface area (Å²) in [6, 6.07) is 17.3. The molecule has 2 unspecified atom stereocenters. The highest BCUT2D eigenvalue weighted by Crippen LogP contribution is 2.38. The molecule has 0 spiro atoms. The summed E-state index contributed by atoms with van der Waals surface area (Å²) >= 11 is 3.54. The molecule has 0 aromatic heterocycles. The van der Waals surface area contributed by atoms with Crippen molar-refractivity contribution in [2.45, 2.75) is 50.7 Å². The molecule has 3 aromatic rings. The van der Waals surface area contributed by atoms with Crippen molar-refractivity contribution in [1.29, 1.82) is 0 Å². The number of halogens is 4. The number of fused-ring (bicyclic) bond motifs is 1. The van der Waals surface area contributed by atoms with Crippen molar-refractivity contribution in [1.82, 2.24) is 10.0 Å². The van der Waals surface area contributed by atoms with Crippen molar-refractivity contribution >= 4 is 30.9 Å². The Morgan fingerprint density at radius 3 is 2.33 bits per heavy atom. The smallest absolute Gasteiger partial charge is 0.416 e. The topological polar surface area (TPSA) is 90.5 Å². The maximum Gasteiger partial charge on any atom is 0.416 e. The van der Waals surface area contributed by atoms with Gasteiger partial charge in [0.05, 0.1) is 11.3 Å². The van der Waals surface area contributed by atoms with Crippen LogP contribution in [0.4, 0.5) is 23.2 Å². The Bertz CT molecular complexity index is 1340. The second-order valence-corrected chi connectivity index (χ2v) is 10.6. The minimum absolute atomic E-state index is 0.203. The maximum atomic E-state index is 14.2.